The number of carbonyl (C=O) groups excluding carboxylic acids is 1. The molecule has 0 amide bonds. The predicted octanol–water partition coefficient (Wildman–Crippen LogP) is 4.38. The first-order chi connectivity index (χ1) is 14.9. The Balaban J connectivity index is 1.58. The van der Waals surface area contributed by atoms with Gasteiger partial charge in [0.05, 0.1) is 16.9 Å². The Kier molecular flexibility index (Phi) is 4.46. The van der Waals surface area contributed by atoms with Crippen molar-refractivity contribution < 1.29 is 13.9 Å². The molecule has 2 aromatic carbocycles. The largest absolute Gasteiger partial charge is 0.386 e. The second-order valence-corrected chi connectivity index (χ2v) is 8.36. The van der Waals surface area contributed by atoms with Gasteiger partial charge < -0.3 is 10.1 Å². The maximum Gasteiger partial charge on any atom is 0.345 e. The summed E-state index contributed by atoms with van der Waals surface area (Å²) >= 11 is 0. The van der Waals surface area contributed by atoms with E-state index in [1.807, 2.05) is 6.07 Å². The van der Waals surface area contributed by atoms with E-state index in [1.54, 1.807) is 40.9 Å². The normalized spacial score (nSPS) is 14.3. The molecule has 6 nitrogen and oxygen atoms in total. The molecule has 0 saturated carbocycles. The van der Waals surface area contributed by atoms with Crippen LogP contribution >= 0.6 is 0 Å². The molecule has 0 atom stereocenters. The van der Waals surface area contributed by atoms with Crippen LogP contribution in [0.4, 0.5) is 10.1 Å². The summed E-state index contributed by atoms with van der Waals surface area (Å²) in [7, 11) is 0. The maximum absolute atomic E-state index is 13.3. The van der Waals surface area contributed by atoms with Crippen LogP contribution in [-0.2, 0) is 11.8 Å². The van der Waals surface area contributed by atoms with Crippen molar-refractivity contribution in [3.8, 4) is 6.01 Å². The summed E-state index contributed by atoms with van der Waals surface area (Å²) in [6.45, 7) is 5.01. The first-order valence-electron chi connectivity index (χ1n) is 10.1. The first kappa shape index (κ1) is 19.2. The van der Waals surface area contributed by atoms with Crippen LogP contribution in [0.25, 0.3) is 5.65 Å². The van der Waals surface area contributed by atoms with Crippen LogP contribution in [0.15, 0.2) is 60.7 Å². The summed E-state index contributed by atoms with van der Waals surface area (Å²) < 4.78 is 20.6. The third kappa shape index (κ3) is 3.52. The van der Waals surface area contributed by atoms with E-state index in [9.17, 15) is 9.18 Å². The van der Waals surface area contributed by atoms with Gasteiger partial charge in [0.2, 0.25) is 0 Å². The van der Waals surface area contributed by atoms with Crippen LogP contribution in [-0.4, -0.2) is 27.1 Å². The van der Waals surface area contributed by atoms with E-state index in [4.69, 9.17) is 4.74 Å². The molecular formula is C24H21FN4O2. The number of nitrogens with zero attached hydrogens (tertiary/aromatic N) is 3. The number of aromatic nitrogens is 3. The van der Waals surface area contributed by atoms with Gasteiger partial charge in [-0.15, -0.1) is 5.10 Å². The lowest BCUT2D eigenvalue weighted by atomic mass is 9.90. The SMILES string of the molecule is CC1(C)CNc2cc(Cc3ccc(F)cc3)c3nc(OC(=O)c4ccccc4)nn3c21. The number of fused-ring (bicyclic) bond motifs is 3. The van der Waals surface area contributed by atoms with Gasteiger partial charge in [-0.3, -0.25) is 0 Å². The zero-order valence-corrected chi connectivity index (χ0v) is 17.2. The van der Waals surface area contributed by atoms with Gasteiger partial charge in [0, 0.05) is 23.9 Å². The fourth-order valence-corrected chi connectivity index (χ4v) is 3.98. The van der Waals surface area contributed by atoms with Gasteiger partial charge >= 0.3 is 12.0 Å². The predicted molar refractivity (Wildman–Crippen MR) is 115 cm³/mol. The standard InChI is InChI=1S/C24H21FN4O2/c1-24(2)14-26-19-13-17(12-15-8-10-18(25)11-9-15)21-27-23(28-29(21)20(19)24)31-22(30)16-6-4-3-5-7-16/h3-11,13,26H,12,14H2,1-2H3. The van der Waals surface area contributed by atoms with Crippen molar-refractivity contribution in [2.75, 3.05) is 11.9 Å². The molecule has 0 spiro atoms. The molecule has 4 aromatic rings. The van der Waals surface area contributed by atoms with Gasteiger partial charge in [-0.2, -0.15) is 4.98 Å². The minimum Gasteiger partial charge on any atom is -0.386 e. The molecule has 0 unspecified atom stereocenters. The molecule has 0 aliphatic carbocycles. The third-order valence-electron chi connectivity index (χ3n) is 5.52. The van der Waals surface area contributed by atoms with Crippen molar-refractivity contribution >= 4 is 17.3 Å². The van der Waals surface area contributed by atoms with Crippen molar-refractivity contribution in [2.45, 2.75) is 25.7 Å². The van der Waals surface area contributed by atoms with Crippen molar-refractivity contribution in [1.82, 2.24) is 14.6 Å². The van der Waals surface area contributed by atoms with E-state index in [-0.39, 0.29) is 17.2 Å². The smallest absolute Gasteiger partial charge is 0.345 e. The number of halogens is 1. The van der Waals surface area contributed by atoms with Crippen LogP contribution in [0, 0.1) is 5.82 Å². The molecule has 3 heterocycles. The highest BCUT2D eigenvalue weighted by atomic mass is 19.1. The molecule has 0 radical (unpaired) electrons. The lowest BCUT2D eigenvalue weighted by Gasteiger charge is -2.18. The monoisotopic (exact) mass is 416 g/mol. The minimum absolute atomic E-state index is 0.00492. The Morgan fingerprint density at radius 3 is 2.65 bits per heavy atom. The van der Waals surface area contributed by atoms with Crippen LogP contribution < -0.4 is 10.1 Å². The zero-order valence-electron chi connectivity index (χ0n) is 17.2. The van der Waals surface area contributed by atoms with Crippen molar-refractivity contribution in [1.29, 1.82) is 0 Å². The third-order valence-corrected chi connectivity index (χ3v) is 5.52. The Morgan fingerprint density at radius 2 is 1.90 bits per heavy atom. The summed E-state index contributed by atoms with van der Waals surface area (Å²) in [5.41, 5.74) is 4.70. The lowest BCUT2D eigenvalue weighted by molar-refractivity contribution is 0.0720. The average molecular weight is 416 g/mol. The second kappa shape index (κ2) is 7.19. The summed E-state index contributed by atoms with van der Waals surface area (Å²) in [5, 5.41) is 7.96. The molecule has 156 valence electrons. The zero-order chi connectivity index (χ0) is 21.6. The van der Waals surface area contributed by atoms with E-state index < -0.39 is 5.97 Å². The Morgan fingerprint density at radius 1 is 1.16 bits per heavy atom. The summed E-state index contributed by atoms with van der Waals surface area (Å²) in [6, 6.07) is 17.2. The fourth-order valence-electron chi connectivity index (χ4n) is 3.98. The van der Waals surface area contributed by atoms with Crippen LogP contribution in [0.3, 0.4) is 0 Å². The minimum atomic E-state index is -0.509. The van der Waals surface area contributed by atoms with Crippen LogP contribution in [0.2, 0.25) is 0 Å². The van der Waals surface area contributed by atoms with Crippen LogP contribution in [0.1, 0.15) is 41.0 Å². The second-order valence-electron chi connectivity index (χ2n) is 8.36. The van der Waals surface area contributed by atoms with E-state index in [1.165, 1.54) is 12.1 Å². The Bertz CT molecular complexity index is 1280. The van der Waals surface area contributed by atoms with E-state index in [0.717, 1.165) is 29.1 Å². The fraction of sp³-hybridized carbons (Fsp3) is 0.208. The highest BCUT2D eigenvalue weighted by molar-refractivity contribution is 5.90. The molecule has 1 aliphatic rings. The molecule has 5 rings (SSSR count). The number of ether oxygens (including phenoxy) is 1. The van der Waals surface area contributed by atoms with E-state index in [0.29, 0.717) is 17.6 Å². The number of nitrogens with one attached hydrogen (secondary N) is 1. The average Bonchev–Trinajstić information content (AvgIpc) is 3.30. The van der Waals surface area contributed by atoms with Gasteiger partial charge in [0.25, 0.3) is 0 Å². The molecular weight excluding hydrogens is 395 g/mol. The number of rotatable bonds is 4. The summed E-state index contributed by atoms with van der Waals surface area (Å²) in [5.74, 6) is -0.783. The molecule has 1 aliphatic heterocycles. The molecule has 0 fully saturated rings. The molecule has 0 bridgehead atoms. The number of carbonyl (C=O) groups is 1. The number of pyridine rings is 1. The Hall–Kier alpha value is -3.74. The maximum atomic E-state index is 13.3. The van der Waals surface area contributed by atoms with E-state index >= 15 is 0 Å². The van der Waals surface area contributed by atoms with Crippen molar-refractivity contribution in [2.24, 2.45) is 0 Å². The van der Waals surface area contributed by atoms with E-state index in [2.05, 4.69) is 35.3 Å². The highest BCUT2D eigenvalue weighted by Gasteiger charge is 2.34. The molecule has 1 N–H and O–H groups in total. The summed E-state index contributed by atoms with van der Waals surface area (Å²) in [6.07, 6.45) is 0.546. The molecule has 2 aromatic heterocycles. The van der Waals surface area contributed by atoms with Crippen LogP contribution in [0.5, 0.6) is 6.01 Å². The lowest BCUT2D eigenvalue weighted by Crippen LogP contribution is -2.22. The van der Waals surface area contributed by atoms with Gasteiger partial charge in [0.15, 0.2) is 5.65 Å². The van der Waals surface area contributed by atoms with Gasteiger partial charge in [-0.25, -0.2) is 13.7 Å². The topological polar surface area (TPSA) is 68.5 Å². The molecule has 7 heteroatoms. The van der Waals surface area contributed by atoms with Gasteiger partial charge in [-0.05, 0) is 35.9 Å². The van der Waals surface area contributed by atoms with Crippen molar-refractivity contribution in [3.63, 3.8) is 0 Å². The van der Waals surface area contributed by atoms with Gasteiger partial charge in [0.1, 0.15) is 5.82 Å². The number of esters is 1. The molecule has 31 heavy (non-hydrogen) atoms. The first-order valence-corrected chi connectivity index (χ1v) is 10.1. The van der Waals surface area contributed by atoms with Crippen molar-refractivity contribution in [3.05, 3.63) is 88.9 Å². The number of hydrogen-bond donors (Lipinski definition) is 1. The number of benzene rings is 2. The summed E-state index contributed by atoms with van der Waals surface area (Å²) in [4.78, 5) is 17.0. The highest BCUT2D eigenvalue weighted by Crippen LogP contribution is 2.38. The number of hydrogen-bond acceptors (Lipinski definition) is 5. The molecule has 0 saturated heterocycles. The quantitative estimate of drug-likeness (QED) is 0.500. The van der Waals surface area contributed by atoms with Gasteiger partial charge in [-0.1, -0.05) is 44.2 Å². The Labute approximate surface area is 178 Å². The number of anilines is 1.